The van der Waals surface area contributed by atoms with Crippen LogP contribution in [0.25, 0.3) is 0 Å². The van der Waals surface area contributed by atoms with Gasteiger partial charge in [0.25, 0.3) is 0 Å². The molecular formula is C5H3F2I. The quantitative estimate of drug-likeness (QED) is 0.558. The van der Waals surface area contributed by atoms with Gasteiger partial charge in [-0.2, -0.15) is 0 Å². The first kappa shape index (κ1) is 6.07. The smallest absolute Gasteiger partial charge is 0.157 e. The Morgan fingerprint density at radius 1 is 1.38 bits per heavy atom. The Bertz CT molecular complexity index is 176. The first-order chi connectivity index (χ1) is 3.79. The maximum Gasteiger partial charge on any atom is 0.157 e. The molecule has 0 unspecified atom stereocenters. The molecule has 1 heterocycles. The first-order valence-corrected chi connectivity index (χ1v) is 4.31. The van der Waals surface area contributed by atoms with Gasteiger partial charge in [0.1, 0.15) is 5.83 Å². The lowest BCUT2D eigenvalue weighted by atomic mass is 10.5. The van der Waals surface area contributed by atoms with Gasteiger partial charge in [-0.25, -0.2) is 8.78 Å². The van der Waals surface area contributed by atoms with Crippen molar-refractivity contribution in [3.05, 3.63) is 22.1 Å². The van der Waals surface area contributed by atoms with Crippen molar-refractivity contribution in [2.24, 2.45) is 0 Å². The van der Waals surface area contributed by atoms with E-state index in [1.165, 1.54) is 6.08 Å². The van der Waals surface area contributed by atoms with Crippen molar-refractivity contribution in [2.75, 3.05) is 0 Å². The lowest BCUT2D eigenvalue weighted by molar-refractivity contribution is 0.666. The van der Waals surface area contributed by atoms with E-state index >= 15 is 0 Å². The minimum Gasteiger partial charge on any atom is -0.207 e. The Kier molecular flexibility index (Phi) is 1.88. The summed E-state index contributed by atoms with van der Waals surface area (Å²) >= 11 is -0.622. The molecule has 0 aromatic carbocycles. The second-order valence-corrected chi connectivity index (χ2v) is 3.59. The molecule has 0 atom stereocenters. The van der Waals surface area contributed by atoms with Crippen LogP contribution in [-0.4, -0.2) is 3.76 Å². The fourth-order valence-electron chi connectivity index (χ4n) is 0.336. The SMILES string of the molecule is FC1=CC(F)=IC=C1. The molecule has 0 spiro atoms. The van der Waals surface area contributed by atoms with Crippen LogP contribution in [0, 0.1) is 0 Å². The van der Waals surface area contributed by atoms with E-state index in [9.17, 15) is 8.78 Å². The van der Waals surface area contributed by atoms with Crippen molar-refractivity contribution in [3.63, 3.8) is 0 Å². The predicted molar refractivity (Wildman–Crippen MR) is 38.5 cm³/mol. The van der Waals surface area contributed by atoms with Gasteiger partial charge in [0, 0.05) is 6.08 Å². The predicted octanol–water partition coefficient (Wildman–Crippen LogP) is 2.44. The summed E-state index contributed by atoms with van der Waals surface area (Å²) in [6, 6.07) is 0. The van der Waals surface area contributed by atoms with Crippen molar-refractivity contribution in [1.29, 1.82) is 0 Å². The van der Waals surface area contributed by atoms with Crippen LogP contribution < -0.4 is 0 Å². The summed E-state index contributed by atoms with van der Waals surface area (Å²) in [6.07, 6.45) is 2.24. The molecule has 0 aromatic rings. The average molecular weight is 228 g/mol. The van der Waals surface area contributed by atoms with Gasteiger partial charge in [-0.1, -0.05) is 20.7 Å². The molecular weight excluding hydrogens is 225 g/mol. The van der Waals surface area contributed by atoms with Gasteiger partial charge in [-0.3, -0.25) is 0 Å². The topological polar surface area (TPSA) is 0 Å². The third-order valence-electron chi connectivity index (χ3n) is 0.636. The molecule has 0 radical (unpaired) electrons. The molecule has 0 bridgehead atoms. The van der Waals surface area contributed by atoms with E-state index in [2.05, 4.69) is 0 Å². The Morgan fingerprint density at radius 2 is 2.12 bits per heavy atom. The molecule has 0 aromatic heterocycles. The summed E-state index contributed by atoms with van der Waals surface area (Å²) in [7, 11) is 0. The van der Waals surface area contributed by atoms with E-state index in [1.807, 2.05) is 0 Å². The van der Waals surface area contributed by atoms with Gasteiger partial charge in [-0.15, -0.1) is 0 Å². The average Bonchev–Trinajstić information content (AvgIpc) is 1.64. The molecule has 0 saturated carbocycles. The maximum absolute atomic E-state index is 12.0. The van der Waals surface area contributed by atoms with E-state index in [0.29, 0.717) is 0 Å². The van der Waals surface area contributed by atoms with Gasteiger partial charge < -0.3 is 0 Å². The minimum atomic E-state index is -0.622. The van der Waals surface area contributed by atoms with E-state index in [4.69, 9.17) is 0 Å². The Balaban J connectivity index is 2.89. The second kappa shape index (κ2) is 2.48. The van der Waals surface area contributed by atoms with Crippen molar-refractivity contribution in [1.82, 2.24) is 0 Å². The Labute approximate surface area is 55.6 Å². The summed E-state index contributed by atoms with van der Waals surface area (Å²) in [5.74, 6) is -0.478. The summed E-state index contributed by atoms with van der Waals surface area (Å²) < 4.78 is 25.3. The third kappa shape index (κ3) is 1.47. The van der Waals surface area contributed by atoms with Crippen molar-refractivity contribution in [3.8, 4) is 0 Å². The standard InChI is InChI=1S/C5H3F2I/c6-4-1-2-8-5(7)3-4/h1-3H. The van der Waals surface area contributed by atoms with Crippen LogP contribution in [0.2, 0.25) is 0 Å². The maximum atomic E-state index is 12.0. The van der Waals surface area contributed by atoms with Crippen LogP contribution in [0.3, 0.4) is 0 Å². The van der Waals surface area contributed by atoms with Crippen molar-refractivity contribution >= 4 is 24.5 Å². The summed E-state index contributed by atoms with van der Waals surface area (Å²) in [5.41, 5.74) is 0. The van der Waals surface area contributed by atoms with Crippen molar-refractivity contribution in [2.45, 2.75) is 0 Å². The van der Waals surface area contributed by atoms with Crippen LogP contribution >= 0.6 is 20.7 Å². The summed E-state index contributed by atoms with van der Waals surface area (Å²) in [5, 5.41) is 0. The second-order valence-electron chi connectivity index (χ2n) is 1.22. The molecule has 0 N–H and O–H groups in total. The lowest BCUT2D eigenvalue weighted by Crippen LogP contribution is -1.79. The Morgan fingerprint density at radius 3 is 2.50 bits per heavy atom. The third-order valence-corrected chi connectivity index (χ3v) is 2.26. The summed E-state index contributed by atoms with van der Waals surface area (Å²) in [4.78, 5) is 0. The van der Waals surface area contributed by atoms with Gasteiger partial charge in [0.15, 0.2) is 3.76 Å². The zero-order chi connectivity index (χ0) is 5.98. The molecule has 1 aliphatic heterocycles. The molecule has 3 heteroatoms. The van der Waals surface area contributed by atoms with Crippen LogP contribution in [0.1, 0.15) is 0 Å². The van der Waals surface area contributed by atoms with Gasteiger partial charge in [-0.05, 0) is 10.2 Å². The van der Waals surface area contributed by atoms with Crippen LogP contribution in [0.5, 0.6) is 0 Å². The highest BCUT2D eigenvalue weighted by atomic mass is 127. The molecule has 0 saturated heterocycles. The Hall–Kier alpha value is -0.0600. The molecule has 1 rings (SSSR count). The zero-order valence-corrected chi connectivity index (χ0v) is 6.02. The highest BCUT2D eigenvalue weighted by molar-refractivity contribution is 14.2. The molecule has 44 valence electrons. The monoisotopic (exact) mass is 228 g/mol. The van der Waals surface area contributed by atoms with Crippen molar-refractivity contribution < 1.29 is 8.78 Å². The van der Waals surface area contributed by atoms with E-state index in [-0.39, 0.29) is 3.76 Å². The van der Waals surface area contributed by atoms with E-state index in [1.54, 1.807) is 4.08 Å². The molecule has 1 aliphatic rings. The molecule has 0 amide bonds. The molecule has 8 heavy (non-hydrogen) atoms. The number of allylic oxidation sites excluding steroid dienone is 3. The number of hydrogen-bond donors (Lipinski definition) is 0. The summed E-state index contributed by atoms with van der Waals surface area (Å²) in [6.45, 7) is 0. The van der Waals surface area contributed by atoms with E-state index < -0.39 is 26.6 Å². The van der Waals surface area contributed by atoms with Crippen LogP contribution in [0.15, 0.2) is 22.1 Å². The highest BCUT2D eigenvalue weighted by Gasteiger charge is 1.95. The lowest BCUT2D eigenvalue weighted by Gasteiger charge is -1.89. The fourth-order valence-corrected chi connectivity index (χ4v) is 1.68. The zero-order valence-electron chi connectivity index (χ0n) is 3.87. The highest BCUT2D eigenvalue weighted by Crippen LogP contribution is 2.15. The molecule has 0 nitrogen and oxygen atoms in total. The normalized spacial score (nSPS) is 18.8. The molecule has 0 fully saturated rings. The van der Waals surface area contributed by atoms with Gasteiger partial charge in [0.2, 0.25) is 0 Å². The first-order valence-electron chi connectivity index (χ1n) is 1.98. The number of halogens is 3. The van der Waals surface area contributed by atoms with Gasteiger partial charge >= 0.3 is 0 Å². The molecule has 0 aliphatic carbocycles. The number of rotatable bonds is 0. The number of hydrogen-bond acceptors (Lipinski definition) is 0. The van der Waals surface area contributed by atoms with Gasteiger partial charge in [0.05, 0.1) is 0 Å². The fraction of sp³-hybridized carbons (Fsp3) is 0. The largest absolute Gasteiger partial charge is 0.207 e. The van der Waals surface area contributed by atoms with Crippen LogP contribution in [-0.2, 0) is 0 Å². The van der Waals surface area contributed by atoms with Crippen LogP contribution in [0.4, 0.5) is 8.78 Å². The van der Waals surface area contributed by atoms with E-state index in [0.717, 1.165) is 6.08 Å². The minimum absolute atomic E-state index is 0.302.